The number of benzene rings is 1. The molecule has 10 nitrogen and oxygen atoms in total. The van der Waals surface area contributed by atoms with Crippen LogP contribution >= 0.6 is 0 Å². The Balaban J connectivity index is 1.41. The molecule has 0 unspecified atom stereocenters. The first kappa shape index (κ1) is 18.5. The second-order valence-corrected chi connectivity index (χ2v) is 6.63. The summed E-state index contributed by atoms with van der Waals surface area (Å²) in [5, 5.41) is 14.6. The van der Waals surface area contributed by atoms with Crippen LogP contribution in [0.1, 0.15) is 16.2 Å². The monoisotopic (exact) mass is 394 g/mol. The van der Waals surface area contributed by atoms with Gasteiger partial charge in [0.25, 0.3) is 17.5 Å². The molecule has 1 fully saturated rings. The van der Waals surface area contributed by atoms with Crippen LogP contribution < -0.4 is 4.90 Å². The Bertz CT molecular complexity index is 1040. The summed E-state index contributed by atoms with van der Waals surface area (Å²) in [5.41, 5.74) is 1.20. The van der Waals surface area contributed by atoms with Crippen molar-refractivity contribution in [3.63, 3.8) is 0 Å². The molecule has 0 N–H and O–H groups in total. The molecule has 29 heavy (non-hydrogen) atoms. The van der Waals surface area contributed by atoms with Gasteiger partial charge in [-0.15, -0.1) is 0 Å². The number of nitro benzene ring substituents is 1. The van der Waals surface area contributed by atoms with Crippen LogP contribution in [0, 0.1) is 17.0 Å². The first-order valence-corrected chi connectivity index (χ1v) is 9.07. The van der Waals surface area contributed by atoms with Crippen LogP contribution in [0.2, 0.25) is 0 Å². The number of carbonyl (C=O) groups excluding carboxylic acids is 1. The van der Waals surface area contributed by atoms with Crippen molar-refractivity contribution in [1.29, 1.82) is 0 Å². The first-order chi connectivity index (χ1) is 14.0. The van der Waals surface area contributed by atoms with E-state index in [0.29, 0.717) is 43.5 Å². The van der Waals surface area contributed by atoms with Crippen LogP contribution in [0.4, 0.5) is 11.5 Å². The van der Waals surface area contributed by atoms with Gasteiger partial charge in [-0.25, -0.2) is 4.98 Å². The lowest BCUT2D eigenvalue weighted by molar-refractivity contribution is -0.384. The molecule has 10 heteroatoms. The number of anilines is 1. The highest BCUT2D eigenvalue weighted by molar-refractivity contribution is 5.94. The second-order valence-electron chi connectivity index (χ2n) is 6.63. The zero-order chi connectivity index (χ0) is 20.4. The van der Waals surface area contributed by atoms with Gasteiger partial charge < -0.3 is 14.3 Å². The van der Waals surface area contributed by atoms with Gasteiger partial charge in [0.1, 0.15) is 5.82 Å². The number of aromatic nitrogens is 3. The fourth-order valence-electron chi connectivity index (χ4n) is 3.19. The third-order valence-corrected chi connectivity index (χ3v) is 4.74. The van der Waals surface area contributed by atoms with Crippen molar-refractivity contribution in [3.05, 3.63) is 64.1 Å². The molecule has 148 valence electrons. The van der Waals surface area contributed by atoms with E-state index in [4.69, 9.17) is 4.52 Å². The van der Waals surface area contributed by atoms with Gasteiger partial charge in [-0.2, -0.15) is 4.98 Å². The van der Waals surface area contributed by atoms with Gasteiger partial charge in [0.2, 0.25) is 0 Å². The minimum Gasteiger partial charge on any atom is -0.353 e. The van der Waals surface area contributed by atoms with Crippen molar-refractivity contribution in [3.8, 4) is 11.5 Å². The molecule has 2 aromatic heterocycles. The molecule has 0 saturated carbocycles. The number of aryl methyl sites for hydroxylation is 1. The topological polar surface area (TPSA) is 119 Å². The molecular formula is C19H18N6O4. The summed E-state index contributed by atoms with van der Waals surface area (Å²) in [6.45, 7) is 4.06. The lowest BCUT2D eigenvalue weighted by Crippen LogP contribution is -2.49. The molecule has 1 aliphatic heterocycles. The summed E-state index contributed by atoms with van der Waals surface area (Å²) < 4.78 is 5.21. The van der Waals surface area contributed by atoms with E-state index in [1.54, 1.807) is 18.0 Å². The second kappa shape index (κ2) is 7.66. The summed E-state index contributed by atoms with van der Waals surface area (Å²) in [6, 6.07) is 9.37. The van der Waals surface area contributed by atoms with Crippen molar-refractivity contribution in [1.82, 2.24) is 20.0 Å². The molecule has 1 saturated heterocycles. The van der Waals surface area contributed by atoms with E-state index in [-0.39, 0.29) is 11.6 Å². The zero-order valence-corrected chi connectivity index (χ0v) is 15.7. The van der Waals surface area contributed by atoms with Crippen LogP contribution in [0.5, 0.6) is 0 Å². The number of nitro groups is 1. The Morgan fingerprint density at radius 1 is 1.14 bits per heavy atom. The summed E-state index contributed by atoms with van der Waals surface area (Å²) in [6.07, 6.45) is 1.69. The summed E-state index contributed by atoms with van der Waals surface area (Å²) in [7, 11) is 0. The molecule has 1 amide bonds. The zero-order valence-electron chi connectivity index (χ0n) is 15.7. The number of hydrogen-bond acceptors (Lipinski definition) is 8. The number of hydrogen-bond donors (Lipinski definition) is 0. The lowest BCUT2D eigenvalue weighted by Gasteiger charge is -2.35. The van der Waals surface area contributed by atoms with Crippen LogP contribution in [-0.2, 0) is 0 Å². The minimum atomic E-state index is -0.482. The van der Waals surface area contributed by atoms with E-state index >= 15 is 0 Å². The molecule has 0 radical (unpaired) electrons. The quantitative estimate of drug-likeness (QED) is 0.488. The van der Waals surface area contributed by atoms with E-state index < -0.39 is 4.92 Å². The molecule has 1 aliphatic rings. The largest absolute Gasteiger partial charge is 0.353 e. The number of pyridine rings is 1. The number of rotatable bonds is 4. The summed E-state index contributed by atoms with van der Waals surface area (Å²) >= 11 is 0. The van der Waals surface area contributed by atoms with E-state index in [9.17, 15) is 14.9 Å². The van der Waals surface area contributed by atoms with Crippen molar-refractivity contribution < 1.29 is 14.2 Å². The Hall–Kier alpha value is -3.82. The summed E-state index contributed by atoms with van der Waals surface area (Å²) in [5.74, 6) is 1.65. The molecule has 3 heterocycles. The molecule has 0 spiro atoms. The Labute approximate surface area is 165 Å². The van der Waals surface area contributed by atoms with E-state index in [1.807, 2.05) is 12.1 Å². The maximum Gasteiger partial charge on any atom is 0.269 e. The van der Waals surface area contributed by atoms with Gasteiger partial charge in [0, 0.05) is 55.6 Å². The third-order valence-electron chi connectivity index (χ3n) is 4.74. The van der Waals surface area contributed by atoms with E-state index in [1.165, 1.54) is 24.3 Å². The van der Waals surface area contributed by atoms with E-state index in [0.717, 1.165) is 11.4 Å². The minimum absolute atomic E-state index is 0.0335. The number of amides is 1. The highest BCUT2D eigenvalue weighted by Gasteiger charge is 2.23. The Morgan fingerprint density at radius 2 is 1.86 bits per heavy atom. The van der Waals surface area contributed by atoms with E-state index in [2.05, 4.69) is 20.0 Å². The SMILES string of the molecule is Cc1noc(-c2ccnc(N3CCN(C(=O)c4ccc([N+](=O)[O-])cc4)CC3)c2)n1. The maximum absolute atomic E-state index is 12.7. The van der Waals surface area contributed by atoms with Gasteiger partial charge in [-0.05, 0) is 31.2 Å². The van der Waals surface area contributed by atoms with Crippen molar-refractivity contribution in [2.45, 2.75) is 6.92 Å². The average molecular weight is 394 g/mol. The third kappa shape index (κ3) is 3.91. The van der Waals surface area contributed by atoms with Crippen LogP contribution in [0.3, 0.4) is 0 Å². The molecule has 0 atom stereocenters. The summed E-state index contributed by atoms with van der Waals surface area (Å²) in [4.78, 5) is 35.4. The normalized spacial score (nSPS) is 14.1. The Morgan fingerprint density at radius 3 is 2.48 bits per heavy atom. The Kier molecular flexibility index (Phi) is 4.90. The van der Waals surface area contributed by atoms with Gasteiger partial charge in [-0.3, -0.25) is 14.9 Å². The molecule has 0 bridgehead atoms. The van der Waals surface area contributed by atoms with Crippen LogP contribution in [0.25, 0.3) is 11.5 Å². The molecule has 4 rings (SSSR count). The molecule has 1 aromatic carbocycles. The van der Waals surface area contributed by atoms with Gasteiger partial charge >= 0.3 is 0 Å². The van der Waals surface area contributed by atoms with Gasteiger partial charge in [0.15, 0.2) is 5.82 Å². The van der Waals surface area contributed by atoms with Crippen molar-refractivity contribution in [2.75, 3.05) is 31.1 Å². The number of piperazine rings is 1. The maximum atomic E-state index is 12.7. The van der Waals surface area contributed by atoms with Crippen molar-refractivity contribution >= 4 is 17.4 Å². The number of carbonyl (C=O) groups is 1. The fraction of sp³-hybridized carbons (Fsp3) is 0.263. The first-order valence-electron chi connectivity index (χ1n) is 9.07. The predicted molar refractivity (Wildman–Crippen MR) is 103 cm³/mol. The molecular weight excluding hydrogens is 376 g/mol. The fourth-order valence-corrected chi connectivity index (χ4v) is 3.19. The van der Waals surface area contributed by atoms with Gasteiger partial charge in [0.05, 0.1) is 4.92 Å². The molecule has 0 aliphatic carbocycles. The standard InChI is InChI=1S/C19H18N6O4/c1-13-21-18(29-22-13)15-6-7-20-17(12-15)23-8-10-24(11-9-23)19(26)14-2-4-16(5-3-14)25(27)28/h2-7,12H,8-11H2,1H3. The van der Waals surface area contributed by atoms with Crippen molar-refractivity contribution in [2.24, 2.45) is 0 Å². The smallest absolute Gasteiger partial charge is 0.269 e. The molecule has 3 aromatic rings. The predicted octanol–water partition coefficient (Wildman–Crippen LogP) is 2.31. The lowest BCUT2D eigenvalue weighted by atomic mass is 10.1. The number of non-ortho nitro benzene ring substituents is 1. The average Bonchev–Trinajstić information content (AvgIpc) is 3.20. The van der Waals surface area contributed by atoms with Crippen LogP contribution in [-0.4, -0.2) is 57.0 Å². The highest BCUT2D eigenvalue weighted by atomic mass is 16.6. The van der Waals surface area contributed by atoms with Gasteiger partial charge in [-0.1, -0.05) is 5.16 Å². The highest BCUT2D eigenvalue weighted by Crippen LogP contribution is 2.23. The van der Waals surface area contributed by atoms with Crippen LogP contribution in [0.15, 0.2) is 47.1 Å². The number of nitrogens with zero attached hydrogens (tertiary/aromatic N) is 6.